The van der Waals surface area contributed by atoms with Crippen molar-refractivity contribution in [2.75, 3.05) is 11.9 Å². The Labute approximate surface area is 124 Å². The van der Waals surface area contributed by atoms with E-state index in [4.69, 9.17) is 4.74 Å². The molecule has 19 heavy (non-hydrogen) atoms. The molecule has 0 aliphatic rings. The van der Waals surface area contributed by atoms with Crippen LogP contribution in [-0.2, 0) is 4.74 Å². The molecule has 0 unspecified atom stereocenters. The van der Waals surface area contributed by atoms with E-state index < -0.39 is 5.97 Å². The molecule has 2 aromatic rings. The van der Waals surface area contributed by atoms with E-state index >= 15 is 0 Å². The summed E-state index contributed by atoms with van der Waals surface area (Å²) in [6, 6.07) is 5.99. The summed E-state index contributed by atoms with van der Waals surface area (Å²) in [7, 11) is 0. The van der Waals surface area contributed by atoms with Crippen molar-refractivity contribution >= 4 is 44.1 Å². The normalized spacial score (nSPS) is 10.3. The third-order valence-electron chi connectivity index (χ3n) is 2.35. The van der Waals surface area contributed by atoms with Crippen LogP contribution in [0.15, 0.2) is 28.1 Å². The smallest absolute Gasteiger partial charge is 0.357 e. The highest BCUT2D eigenvalue weighted by atomic mass is 79.9. The van der Waals surface area contributed by atoms with Crippen LogP contribution in [0.1, 0.15) is 23.0 Å². The van der Waals surface area contributed by atoms with Gasteiger partial charge in [0.2, 0.25) is 0 Å². The number of aromatic nitrogens is 1. The van der Waals surface area contributed by atoms with Gasteiger partial charge in [0.25, 0.3) is 0 Å². The van der Waals surface area contributed by atoms with Gasteiger partial charge < -0.3 is 10.1 Å². The number of ether oxygens (including phenoxy) is 1. The van der Waals surface area contributed by atoms with Crippen molar-refractivity contribution < 1.29 is 9.53 Å². The quantitative estimate of drug-likeness (QED) is 0.850. The number of nitrogens with one attached hydrogen (secondary N) is 1. The zero-order valence-corrected chi connectivity index (χ0v) is 13.0. The van der Waals surface area contributed by atoms with E-state index in [2.05, 4.69) is 26.2 Å². The van der Waals surface area contributed by atoms with Gasteiger partial charge in [0.05, 0.1) is 12.3 Å². The van der Waals surface area contributed by atoms with Gasteiger partial charge in [-0.05, 0) is 47.5 Å². The molecule has 0 spiro atoms. The number of thiazole rings is 1. The van der Waals surface area contributed by atoms with Crippen molar-refractivity contribution in [3.05, 3.63) is 39.3 Å². The van der Waals surface area contributed by atoms with Crippen LogP contribution in [0.4, 0.5) is 10.8 Å². The van der Waals surface area contributed by atoms with Gasteiger partial charge in [-0.25, -0.2) is 9.78 Å². The minimum atomic E-state index is -0.394. The fourth-order valence-electron chi connectivity index (χ4n) is 1.47. The Morgan fingerprint density at radius 1 is 1.53 bits per heavy atom. The van der Waals surface area contributed by atoms with Gasteiger partial charge >= 0.3 is 5.97 Å². The fraction of sp³-hybridized carbons (Fsp3) is 0.231. The first-order chi connectivity index (χ1) is 9.10. The zero-order valence-electron chi connectivity index (χ0n) is 10.6. The summed E-state index contributed by atoms with van der Waals surface area (Å²) in [5.74, 6) is -0.394. The molecule has 100 valence electrons. The lowest BCUT2D eigenvalue weighted by molar-refractivity contribution is 0.0520. The third kappa shape index (κ3) is 3.54. The first kappa shape index (κ1) is 14.0. The van der Waals surface area contributed by atoms with E-state index in [9.17, 15) is 4.79 Å². The maximum Gasteiger partial charge on any atom is 0.357 e. The Kier molecular flexibility index (Phi) is 4.55. The summed E-state index contributed by atoms with van der Waals surface area (Å²) in [6.45, 7) is 4.15. The predicted octanol–water partition coefficient (Wildman–Crippen LogP) is 4.13. The summed E-state index contributed by atoms with van der Waals surface area (Å²) in [4.78, 5) is 15.7. The Balaban J connectivity index is 2.13. The molecule has 0 aliphatic carbocycles. The molecule has 0 amide bonds. The lowest BCUT2D eigenvalue weighted by Crippen LogP contribution is -2.05. The van der Waals surface area contributed by atoms with Gasteiger partial charge in [-0.15, -0.1) is 11.3 Å². The lowest BCUT2D eigenvalue weighted by Gasteiger charge is -2.05. The van der Waals surface area contributed by atoms with E-state index in [-0.39, 0.29) is 0 Å². The van der Waals surface area contributed by atoms with Crippen LogP contribution in [-0.4, -0.2) is 17.6 Å². The first-order valence-electron chi connectivity index (χ1n) is 5.76. The number of anilines is 2. The topological polar surface area (TPSA) is 51.2 Å². The molecule has 0 aliphatic heterocycles. The van der Waals surface area contributed by atoms with Crippen LogP contribution < -0.4 is 5.32 Å². The van der Waals surface area contributed by atoms with Gasteiger partial charge in [-0.1, -0.05) is 6.07 Å². The Morgan fingerprint density at radius 3 is 3.00 bits per heavy atom. The van der Waals surface area contributed by atoms with Gasteiger partial charge in [0, 0.05) is 9.85 Å². The summed E-state index contributed by atoms with van der Waals surface area (Å²) in [6.07, 6.45) is 0. The van der Waals surface area contributed by atoms with Crippen LogP contribution in [0.25, 0.3) is 0 Å². The molecule has 1 aromatic carbocycles. The van der Waals surface area contributed by atoms with E-state index in [0.29, 0.717) is 17.4 Å². The number of esters is 1. The standard InChI is InChI=1S/C13H13BrN2O2S/c1-3-18-12(17)11-7-19-13(16-11)15-10-5-4-8(2)6-9(10)14/h4-7H,3H2,1-2H3,(H,15,16). The van der Waals surface area contributed by atoms with E-state index in [0.717, 1.165) is 10.2 Å². The molecule has 0 atom stereocenters. The molecule has 4 nitrogen and oxygen atoms in total. The largest absolute Gasteiger partial charge is 0.461 e. The summed E-state index contributed by atoms with van der Waals surface area (Å²) >= 11 is 4.86. The van der Waals surface area contributed by atoms with Crippen molar-refractivity contribution in [1.29, 1.82) is 0 Å². The average molecular weight is 341 g/mol. The molecule has 0 fully saturated rings. The second kappa shape index (κ2) is 6.16. The van der Waals surface area contributed by atoms with Gasteiger partial charge in [-0.3, -0.25) is 0 Å². The van der Waals surface area contributed by atoms with Crippen LogP contribution >= 0.6 is 27.3 Å². The zero-order chi connectivity index (χ0) is 13.8. The summed E-state index contributed by atoms with van der Waals surface area (Å²) in [5.41, 5.74) is 2.41. The number of halogens is 1. The second-order valence-electron chi connectivity index (χ2n) is 3.87. The Hall–Kier alpha value is -1.40. The Morgan fingerprint density at radius 2 is 2.32 bits per heavy atom. The first-order valence-corrected chi connectivity index (χ1v) is 7.43. The van der Waals surface area contributed by atoms with Crippen molar-refractivity contribution in [2.45, 2.75) is 13.8 Å². The predicted molar refractivity (Wildman–Crippen MR) is 80.2 cm³/mol. The van der Waals surface area contributed by atoms with Gasteiger partial charge in [0.1, 0.15) is 0 Å². The van der Waals surface area contributed by atoms with Crippen LogP contribution in [0.3, 0.4) is 0 Å². The minimum absolute atomic E-state index is 0.331. The number of nitrogens with zero attached hydrogens (tertiary/aromatic N) is 1. The van der Waals surface area contributed by atoms with Crippen molar-refractivity contribution in [3.8, 4) is 0 Å². The molecular formula is C13H13BrN2O2S. The number of hydrogen-bond donors (Lipinski definition) is 1. The number of rotatable bonds is 4. The fourth-order valence-corrected chi connectivity index (χ4v) is 2.75. The lowest BCUT2D eigenvalue weighted by atomic mass is 10.2. The highest BCUT2D eigenvalue weighted by molar-refractivity contribution is 9.10. The van der Waals surface area contributed by atoms with Gasteiger partial charge in [0.15, 0.2) is 10.8 Å². The Bertz CT molecular complexity index is 598. The minimum Gasteiger partial charge on any atom is -0.461 e. The monoisotopic (exact) mass is 340 g/mol. The number of benzene rings is 1. The van der Waals surface area contributed by atoms with Crippen LogP contribution in [0.5, 0.6) is 0 Å². The number of carbonyl (C=O) groups is 1. The summed E-state index contributed by atoms with van der Waals surface area (Å²) in [5, 5.41) is 5.51. The molecule has 0 radical (unpaired) electrons. The molecule has 1 aromatic heterocycles. The molecule has 1 heterocycles. The maximum atomic E-state index is 11.5. The highest BCUT2D eigenvalue weighted by Crippen LogP contribution is 2.28. The van der Waals surface area contributed by atoms with E-state index in [1.807, 2.05) is 25.1 Å². The SMILES string of the molecule is CCOC(=O)c1csc(Nc2ccc(C)cc2Br)n1. The molecule has 1 N–H and O–H groups in total. The van der Waals surface area contributed by atoms with Crippen molar-refractivity contribution in [1.82, 2.24) is 4.98 Å². The third-order valence-corrected chi connectivity index (χ3v) is 3.77. The van der Waals surface area contributed by atoms with Crippen molar-refractivity contribution in [3.63, 3.8) is 0 Å². The second-order valence-corrected chi connectivity index (χ2v) is 5.58. The maximum absolute atomic E-state index is 11.5. The average Bonchev–Trinajstić information content (AvgIpc) is 2.82. The van der Waals surface area contributed by atoms with Crippen LogP contribution in [0, 0.1) is 6.92 Å². The molecule has 0 saturated carbocycles. The van der Waals surface area contributed by atoms with E-state index in [1.165, 1.54) is 16.9 Å². The van der Waals surface area contributed by atoms with Gasteiger partial charge in [-0.2, -0.15) is 0 Å². The van der Waals surface area contributed by atoms with Crippen LogP contribution in [0.2, 0.25) is 0 Å². The number of carbonyl (C=O) groups excluding carboxylic acids is 1. The summed E-state index contributed by atoms with van der Waals surface area (Å²) < 4.78 is 5.86. The molecule has 6 heteroatoms. The van der Waals surface area contributed by atoms with Crippen molar-refractivity contribution in [2.24, 2.45) is 0 Å². The van der Waals surface area contributed by atoms with E-state index in [1.54, 1.807) is 12.3 Å². The molecule has 2 rings (SSSR count). The number of aryl methyl sites for hydroxylation is 1. The number of hydrogen-bond acceptors (Lipinski definition) is 5. The molecule has 0 saturated heterocycles. The molecular weight excluding hydrogens is 328 g/mol. The molecule has 0 bridgehead atoms. The highest BCUT2D eigenvalue weighted by Gasteiger charge is 2.12.